The number of rotatable bonds is 5. The first kappa shape index (κ1) is 25.8. The molecule has 1 atom stereocenters. The van der Waals surface area contributed by atoms with Crippen molar-refractivity contribution in [2.24, 2.45) is 0 Å². The van der Waals surface area contributed by atoms with Crippen LogP contribution in [0.2, 0.25) is 5.02 Å². The maximum atomic E-state index is 13.3. The zero-order chi connectivity index (χ0) is 26.6. The third kappa shape index (κ3) is 4.17. The van der Waals surface area contributed by atoms with Gasteiger partial charge in [-0.2, -0.15) is 26.3 Å². The molecule has 1 unspecified atom stereocenters. The zero-order valence-corrected chi connectivity index (χ0v) is 19.0. The molecule has 0 bridgehead atoms. The molecule has 1 aromatic heterocycles. The highest BCUT2D eigenvalue weighted by molar-refractivity contribution is 6.33. The number of carbonyl (C=O) groups is 1. The van der Waals surface area contributed by atoms with Crippen LogP contribution < -0.4 is 4.90 Å². The second-order valence-electron chi connectivity index (χ2n) is 8.31. The van der Waals surface area contributed by atoms with Gasteiger partial charge in [0, 0.05) is 17.3 Å². The van der Waals surface area contributed by atoms with Crippen LogP contribution in [-0.2, 0) is 18.6 Å². The fraction of sp³-hybridized carbons (Fsp3) is 0.304. The Balaban J connectivity index is 1.72. The summed E-state index contributed by atoms with van der Waals surface area (Å²) in [5.74, 6) is -1.96. The Labute approximate surface area is 204 Å². The van der Waals surface area contributed by atoms with Gasteiger partial charge >= 0.3 is 18.3 Å². The molecule has 0 amide bonds. The molecule has 0 fully saturated rings. The molecule has 2 N–H and O–H groups in total. The minimum Gasteiger partial charge on any atom is -0.475 e. The van der Waals surface area contributed by atoms with E-state index in [2.05, 4.69) is 4.98 Å². The van der Waals surface area contributed by atoms with E-state index in [9.17, 15) is 41.4 Å². The first-order valence-corrected chi connectivity index (χ1v) is 10.8. The first-order valence-electron chi connectivity index (χ1n) is 10.4. The first-order chi connectivity index (χ1) is 16.6. The summed E-state index contributed by atoms with van der Waals surface area (Å²) in [4.78, 5) is 17.6. The number of alkyl halides is 6. The summed E-state index contributed by atoms with van der Waals surface area (Å²) in [7, 11) is 0. The number of nitrogens with zero attached hydrogens (tertiary/aromatic N) is 2. The van der Waals surface area contributed by atoms with Crippen LogP contribution in [0, 0.1) is 0 Å². The van der Waals surface area contributed by atoms with E-state index >= 15 is 0 Å². The molecule has 2 heterocycles. The normalized spacial score (nSPS) is 16.4. The Morgan fingerprint density at radius 1 is 1.14 bits per heavy atom. The smallest absolute Gasteiger partial charge is 0.430 e. The van der Waals surface area contributed by atoms with E-state index in [0.717, 1.165) is 6.07 Å². The van der Waals surface area contributed by atoms with Crippen LogP contribution in [0.1, 0.15) is 34.3 Å². The van der Waals surface area contributed by atoms with Crippen LogP contribution >= 0.6 is 11.6 Å². The van der Waals surface area contributed by atoms with Gasteiger partial charge in [-0.05, 0) is 37.1 Å². The van der Waals surface area contributed by atoms with Crippen molar-refractivity contribution in [3.8, 4) is 11.5 Å². The molecule has 4 rings (SSSR count). The van der Waals surface area contributed by atoms with Crippen molar-refractivity contribution in [2.75, 3.05) is 4.90 Å². The van der Waals surface area contributed by atoms with Gasteiger partial charge in [0.2, 0.25) is 11.7 Å². The topological polar surface area (TPSA) is 86.8 Å². The SMILES string of the molecule is CC1Cc2cc(C(O)(C(F)(F)F)C(F)(F)F)ccc2N1Cc1nc(-c2ccccc2Cl)oc1C(=O)O. The molecule has 0 saturated carbocycles. The predicted molar refractivity (Wildman–Crippen MR) is 116 cm³/mol. The van der Waals surface area contributed by atoms with Crippen molar-refractivity contribution < 1.29 is 45.8 Å². The molecular weight excluding hydrogens is 518 g/mol. The second kappa shape index (κ2) is 8.70. The minimum atomic E-state index is -6.00. The molecule has 192 valence electrons. The maximum Gasteiger partial charge on any atom is 0.430 e. The third-order valence-electron chi connectivity index (χ3n) is 5.99. The number of carboxylic acid groups (broad SMARTS) is 1. The van der Waals surface area contributed by atoms with E-state index in [1.165, 1.54) is 0 Å². The number of aromatic carboxylic acids is 1. The van der Waals surface area contributed by atoms with E-state index in [4.69, 9.17) is 16.0 Å². The van der Waals surface area contributed by atoms with Crippen molar-refractivity contribution in [1.29, 1.82) is 0 Å². The average molecular weight is 535 g/mol. The lowest BCUT2D eigenvalue weighted by molar-refractivity contribution is -0.376. The molecule has 0 saturated heterocycles. The number of hydrogen-bond donors (Lipinski definition) is 2. The highest BCUT2D eigenvalue weighted by Gasteiger charge is 2.71. The Kier molecular flexibility index (Phi) is 6.24. The average Bonchev–Trinajstić information content (AvgIpc) is 3.33. The van der Waals surface area contributed by atoms with Crippen LogP contribution in [-0.4, -0.2) is 39.6 Å². The number of aromatic nitrogens is 1. The number of anilines is 1. The molecular formula is C23H17ClF6N2O4. The monoisotopic (exact) mass is 534 g/mol. The molecule has 0 spiro atoms. The molecule has 2 aromatic carbocycles. The molecule has 1 aliphatic heterocycles. The van der Waals surface area contributed by atoms with Gasteiger partial charge in [-0.25, -0.2) is 9.78 Å². The maximum absolute atomic E-state index is 13.3. The van der Waals surface area contributed by atoms with E-state index < -0.39 is 41.3 Å². The summed E-state index contributed by atoms with van der Waals surface area (Å²) in [6, 6.07) is 8.24. The van der Waals surface area contributed by atoms with Crippen molar-refractivity contribution in [3.63, 3.8) is 0 Å². The Bertz CT molecular complexity index is 1310. The van der Waals surface area contributed by atoms with E-state index in [1.54, 1.807) is 36.1 Å². The van der Waals surface area contributed by atoms with Crippen molar-refractivity contribution in [1.82, 2.24) is 4.98 Å². The van der Waals surface area contributed by atoms with Crippen LogP contribution in [0.15, 0.2) is 46.9 Å². The van der Waals surface area contributed by atoms with Gasteiger partial charge in [0.05, 0.1) is 17.1 Å². The van der Waals surface area contributed by atoms with E-state index in [1.807, 2.05) is 0 Å². The number of aliphatic hydroxyl groups is 1. The number of oxazole rings is 1. The fourth-order valence-electron chi connectivity index (χ4n) is 4.19. The molecule has 6 nitrogen and oxygen atoms in total. The fourth-order valence-corrected chi connectivity index (χ4v) is 4.40. The zero-order valence-electron chi connectivity index (χ0n) is 18.3. The quantitative estimate of drug-likeness (QED) is 0.393. The summed E-state index contributed by atoms with van der Waals surface area (Å²) in [6.07, 6.45) is -12.0. The van der Waals surface area contributed by atoms with E-state index in [0.29, 0.717) is 17.7 Å². The van der Waals surface area contributed by atoms with Gasteiger partial charge in [-0.15, -0.1) is 0 Å². The van der Waals surface area contributed by atoms with Crippen LogP contribution in [0.25, 0.3) is 11.5 Å². The minimum absolute atomic E-state index is 0.0108. The lowest BCUT2D eigenvalue weighted by Crippen LogP contribution is -2.53. The van der Waals surface area contributed by atoms with Crippen molar-refractivity contribution >= 4 is 23.3 Å². The van der Waals surface area contributed by atoms with Gasteiger partial charge in [-0.3, -0.25) is 0 Å². The molecule has 36 heavy (non-hydrogen) atoms. The molecule has 13 heteroatoms. The molecule has 0 radical (unpaired) electrons. The van der Waals surface area contributed by atoms with Gasteiger partial charge in [0.15, 0.2) is 0 Å². The highest BCUT2D eigenvalue weighted by Crippen LogP contribution is 2.51. The number of hydrogen-bond acceptors (Lipinski definition) is 5. The van der Waals surface area contributed by atoms with Gasteiger partial charge in [0.25, 0.3) is 5.60 Å². The Hall–Kier alpha value is -3.25. The van der Waals surface area contributed by atoms with Gasteiger partial charge < -0.3 is 19.5 Å². The van der Waals surface area contributed by atoms with E-state index in [-0.39, 0.29) is 40.8 Å². The highest BCUT2D eigenvalue weighted by atomic mass is 35.5. The van der Waals surface area contributed by atoms with Gasteiger partial charge in [0.1, 0.15) is 5.69 Å². The second-order valence-corrected chi connectivity index (χ2v) is 8.72. The summed E-state index contributed by atoms with van der Waals surface area (Å²) < 4.78 is 85.2. The predicted octanol–water partition coefficient (Wildman–Crippen LogP) is 5.96. The lowest BCUT2D eigenvalue weighted by atomic mass is 9.90. The summed E-state index contributed by atoms with van der Waals surface area (Å²) >= 11 is 6.14. The molecule has 3 aromatic rings. The van der Waals surface area contributed by atoms with Crippen LogP contribution in [0.3, 0.4) is 0 Å². The van der Waals surface area contributed by atoms with Crippen molar-refractivity contribution in [3.05, 3.63) is 70.1 Å². The molecule has 0 aliphatic carbocycles. The van der Waals surface area contributed by atoms with Gasteiger partial charge in [-0.1, -0.05) is 35.9 Å². The Morgan fingerprint density at radius 3 is 2.36 bits per heavy atom. The largest absolute Gasteiger partial charge is 0.475 e. The van der Waals surface area contributed by atoms with Crippen molar-refractivity contribution in [2.45, 2.75) is 43.9 Å². The number of halogens is 7. The summed E-state index contributed by atoms with van der Waals surface area (Å²) in [5.41, 5.74) is -5.67. The number of carboxylic acids is 1. The number of benzene rings is 2. The summed E-state index contributed by atoms with van der Waals surface area (Å²) in [6.45, 7) is 1.50. The van der Waals surface area contributed by atoms with Crippen LogP contribution in [0.4, 0.5) is 32.0 Å². The Morgan fingerprint density at radius 2 is 1.78 bits per heavy atom. The van der Waals surface area contributed by atoms with Crippen LogP contribution in [0.5, 0.6) is 0 Å². The lowest BCUT2D eigenvalue weighted by Gasteiger charge is -2.33. The number of fused-ring (bicyclic) bond motifs is 1. The summed E-state index contributed by atoms with van der Waals surface area (Å²) in [5, 5.41) is 19.6. The third-order valence-corrected chi connectivity index (χ3v) is 6.32. The molecule has 1 aliphatic rings. The standard InChI is InChI=1S/C23H17ClF6N2O4/c1-11-8-12-9-13(21(35,22(25,26)27)23(28,29)30)6-7-17(12)32(11)10-16-18(20(33)34)36-19(31-16)14-4-2-3-5-15(14)24/h2-7,9,11,35H,8,10H2,1H3,(H,33,34).